The molecule has 0 spiro atoms. The lowest BCUT2D eigenvalue weighted by Crippen LogP contribution is -2.44. The van der Waals surface area contributed by atoms with Crippen LogP contribution in [-0.4, -0.2) is 68.5 Å². The number of rotatable bonds is 2. The third-order valence-corrected chi connectivity index (χ3v) is 6.72. The van der Waals surface area contributed by atoms with Crippen LogP contribution in [0, 0.1) is 5.92 Å². The molecule has 0 unspecified atom stereocenters. The van der Waals surface area contributed by atoms with Gasteiger partial charge in [-0.25, -0.2) is 9.67 Å². The minimum Gasteiger partial charge on any atom is -0.489 e. The minimum absolute atomic E-state index is 0.137. The van der Waals surface area contributed by atoms with Crippen LogP contribution in [0.25, 0.3) is 0 Å². The number of aromatic nitrogens is 4. The minimum atomic E-state index is -0.347. The van der Waals surface area contributed by atoms with E-state index >= 15 is 0 Å². The summed E-state index contributed by atoms with van der Waals surface area (Å²) in [6.45, 7) is 1.93. The molecule has 0 radical (unpaired) electrons. The molecule has 2 fully saturated rings. The molecule has 2 aliphatic heterocycles. The SMILES string of the molecule is O=C1N[C@H]2CN(C(=O)CC3CCCCC3)C[C@@H]2OCc2cn(nn2)CCOc2cccnc21. The number of fused-ring (bicyclic) bond motifs is 4. The first-order chi connectivity index (χ1) is 16.2. The average molecular weight is 455 g/mol. The van der Waals surface area contributed by atoms with E-state index in [4.69, 9.17) is 9.47 Å². The maximum Gasteiger partial charge on any atom is 0.274 e. The summed E-state index contributed by atoms with van der Waals surface area (Å²) in [5, 5.41) is 11.3. The fourth-order valence-corrected chi connectivity index (χ4v) is 4.92. The van der Waals surface area contributed by atoms with Gasteiger partial charge in [0.1, 0.15) is 12.3 Å². The highest BCUT2D eigenvalue weighted by molar-refractivity contribution is 5.95. The van der Waals surface area contributed by atoms with Crippen LogP contribution < -0.4 is 10.1 Å². The van der Waals surface area contributed by atoms with Crippen molar-refractivity contribution in [1.29, 1.82) is 0 Å². The number of ether oxygens (including phenoxy) is 2. The summed E-state index contributed by atoms with van der Waals surface area (Å²) in [6, 6.07) is 3.11. The summed E-state index contributed by atoms with van der Waals surface area (Å²) in [5.74, 6) is 0.676. The lowest BCUT2D eigenvalue weighted by atomic mass is 9.87. The van der Waals surface area contributed by atoms with E-state index in [0.29, 0.717) is 50.0 Å². The zero-order valence-corrected chi connectivity index (χ0v) is 18.7. The molecule has 1 N–H and O–H groups in total. The third-order valence-electron chi connectivity index (χ3n) is 6.72. The van der Waals surface area contributed by atoms with E-state index in [1.165, 1.54) is 19.3 Å². The van der Waals surface area contributed by atoms with E-state index in [-0.39, 0.29) is 36.3 Å². The van der Waals surface area contributed by atoms with Crippen molar-refractivity contribution in [3.05, 3.63) is 35.9 Å². The highest BCUT2D eigenvalue weighted by Crippen LogP contribution is 2.28. The monoisotopic (exact) mass is 454 g/mol. The Labute approximate surface area is 192 Å². The second-order valence-electron chi connectivity index (χ2n) is 9.11. The zero-order valence-electron chi connectivity index (χ0n) is 18.7. The quantitative estimate of drug-likeness (QED) is 0.733. The van der Waals surface area contributed by atoms with Crippen molar-refractivity contribution in [2.24, 2.45) is 5.92 Å². The normalized spacial score (nSPS) is 24.2. The molecular formula is C23H30N6O4. The largest absolute Gasteiger partial charge is 0.489 e. The Hall–Kier alpha value is -3.01. The summed E-state index contributed by atoms with van der Waals surface area (Å²) >= 11 is 0. The number of hydrogen-bond acceptors (Lipinski definition) is 7. The number of amides is 2. The summed E-state index contributed by atoms with van der Waals surface area (Å²) in [6.07, 6.45) is 9.54. The molecular weight excluding hydrogens is 424 g/mol. The Morgan fingerprint density at radius 2 is 2.09 bits per heavy atom. The molecule has 4 heterocycles. The molecule has 5 rings (SSSR count). The van der Waals surface area contributed by atoms with Gasteiger partial charge in [-0.15, -0.1) is 5.10 Å². The first kappa shape index (κ1) is 21.8. The smallest absolute Gasteiger partial charge is 0.274 e. The van der Waals surface area contributed by atoms with Gasteiger partial charge in [-0.1, -0.05) is 24.5 Å². The molecule has 1 saturated heterocycles. The Morgan fingerprint density at radius 1 is 1.21 bits per heavy atom. The summed E-state index contributed by atoms with van der Waals surface area (Å²) in [7, 11) is 0. The van der Waals surface area contributed by atoms with Crippen molar-refractivity contribution in [3.8, 4) is 5.75 Å². The Balaban J connectivity index is 1.34. The molecule has 33 heavy (non-hydrogen) atoms. The lowest BCUT2D eigenvalue weighted by molar-refractivity contribution is -0.132. The Morgan fingerprint density at radius 3 is 2.97 bits per heavy atom. The van der Waals surface area contributed by atoms with Gasteiger partial charge in [-0.05, 0) is 30.9 Å². The van der Waals surface area contributed by atoms with Crippen LogP contribution in [0.1, 0.15) is 54.7 Å². The zero-order chi connectivity index (χ0) is 22.6. The van der Waals surface area contributed by atoms with Crippen molar-refractivity contribution < 1.29 is 19.1 Å². The number of hydrogen-bond donors (Lipinski definition) is 1. The first-order valence-electron chi connectivity index (χ1n) is 11.8. The maximum absolute atomic E-state index is 13.1. The predicted molar refractivity (Wildman–Crippen MR) is 117 cm³/mol. The van der Waals surface area contributed by atoms with Gasteiger partial charge in [0.2, 0.25) is 5.91 Å². The van der Waals surface area contributed by atoms with E-state index in [1.807, 2.05) is 11.1 Å². The first-order valence-corrected chi connectivity index (χ1v) is 11.8. The van der Waals surface area contributed by atoms with Crippen LogP contribution >= 0.6 is 0 Å². The number of carbonyl (C=O) groups is 2. The van der Waals surface area contributed by atoms with E-state index in [9.17, 15) is 9.59 Å². The van der Waals surface area contributed by atoms with E-state index in [2.05, 4.69) is 20.6 Å². The molecule has 10 heteroatoms. The fourth-order valence-electron chi connectivity index (χ4n) is 4.92. The molecule has 3 aliphatic rings. The molecule has 2 bridgehead atoms. The second kappa shape index (κ2) is 9.86. The van der Waals surface area contributed by atoms with Gasteiger partial charge < -0.3 is 19.7 Å². The van der Waals surface area contributed by atoms with Gasteiger partial charge >= 0.3 is 0 Å². The topological polar surface area (TPSA) is 111 Å². The highest BCUT2D eigenvalue weighted by atomic mass is 16.5. The van der Waals surface area contributed by atoms with Crippen LogP contribution in [0.2, 0.25) is 0 Å². The van der Waals surface area contributed by atoms with Crippen molar-refractivity contribution in [1.82, 2.24) is 30.2 Å². The predicted octanol–water partition coefficient (Wildman–Crippen LogP) is 1.56. The molecule has 0 aromatic carbocycles. The number of nitrogens with zero attached hydrogens (tertiary/aromatic N) is 5. The van der Waals surface area contributed by atoms with Gasteiger partial charge in [0.05, 0.1) is 31.5 Å². The van der Waals surface area contributed by atoms with Crippen molar-refractivity contribution >= 4 is 11.8 Å². The molecule has 10 nitrogen and oxygen atoms in total. The average Bonchev–Trinajstić information content (AvgIpc) is 3.45. The van der Waals surface area contributed by atoms with Crippen molar-refractivity contribution in [2.45, 2.75) is 63.8 Å². The van der Waals surface area contributed by atoms with Gasteiger partial charge in [0.15, 0.2) is 11.4 Å². The Kier molecular flexibility index (Phi) is 6.52. The summed E-state index contributed by atoms with van der Waals surface area (Å²) in [5.41, 5.74) is 0.922. The van der Waals surface area contributed by atoms with Gasteiger partial charge in [-0.2, -0.15) is 0 Å². The molecule has 2 atom stereocenters. The molecule has 2 aromatic rings. The molecule has 2 aromatic heterocycles. The van der Waals surface area contributed by atoms with Crippen molar-refractivity contribution in [2.75, 3.05) is 19.7 Å². The highest BCUT2D eigenvalue weighted by Gasteiger charge is 2.38. The van der Waals surface area contributed by atoms with Gasteiger partial charge in [0, 0.05) is 25.7 Å². The lowest BCUT2D eigenvalue weighted by Gasteiger charge is -2.24. The maximum atomic E-state index is 13.1. The molecule has 1 saturated carbocycles. The summed E-state index contributed by atoms with van der Waals surface area (Å²) in [4.78, 5) is 32.2. The second-order valence-corrected chi connectivity index (χ2v) is 9.11. The van der Waals surface area contributed by atoms with Crippen LogP contribution in [0.3, 0.4) is 0 Å². The molecule has 1 aliphatic carbocycles. The van der Waals surface area contributed by atoms with E-state index in [1.54, 1.807) is 23.0 Å². The molecule has 176 valence electrons. The molecule has 2 amide bonds. The number of likely N-dealkylation sites (tertiary alicyclic amines) is 1. The van der Waals surface area contributed by atoms with Gasteiger partial charge in [0.25, 0.3) is 5.91 Å². The Bertz CT molecular complexity index is 989. The van der Waals surface area contributed by atoms with Gasteiger partial charge in [-0.3, -0.25) is 9.59 Å². The number of carbonyl (C=O) groups excluding carboxylic acids is 2. The third kappa shape index (κ3) is 5.16. The summed E-state index contributed by atoms with van der Waals surface area (Å²) < 4.78 is 13.6. The fraction of sp³-hybridized carbons (Fsp3) is 0.609. The van der Waals surface area contributed by atoms with Crippen LogP contribution in [0.15, 0.2) is 24.5 Å². The van der Waals surface area contributed by atoms with Crippen LogP contribution in [0.5, 0.6) is 5.75 Å². The number of nitrogens with one attached hydrogen (secondary N) is 1. The van der Waals surface area contributed by atoms with Crippen molar-refractivity contribution in [3.63, 3.8) is 0 Å². The van der Waals surface area contributed by atoms with E-state index in [0.717, 1.165) is 12.8 Å². The number of pyridine rings is 1. The van der Waals surface area contributed by atoms with Crippen LogP contribution in [0.4, 0.5) is 0 Å². The standard InChI is InChI=1S/C23H30N6O4/c30-21(11-16-5-2-1-3-6-16)28-13-18-20(14-28)33-15-17-12-29(27-26-17)9-10-32-19-7-4-8-24-22(19)23(31)25-18/h4,7-8,12,16,18,20H,1-3,5-6,9-11,13-15H2,(H,25,31)/t18-,20-/m0/s1. The van der Waals surface area contributed by atoms with Crippen LogP contribution in [-0.2, 0) is 22.7 Å². The van der Waals surface area contributed by atoms with E-state index < -0.39 is 0 Å².